The maximum Gasteiger partial charge on any atom is 0.323 e. The zero-order chi connectivity index (χ0) is 16.4. The Hall–Kier alpha value is -2.47. The Morgan fingerprint density at radius 1 is 1.48 bits per heavy atom. The predicted molar refractivity (Wildman–Crippen MR) is 82.9 cm³/mol. The summed E-state index contributed by atoms with van der Waals surface area (Å²) in [7, 11) is 0. The summed E-state index contributed by atoms with van der Waals surface area (Å²) in [6.07, 6.45) is 2.70. The Labute approximate surface area is 137 Å². The number of nitriles is 1. The number of nitrogens with zero attached hydrogens (tertiary/aromatic N) is 5. The van der Waals surface area contributed by atoms with Crippen LogP contribution in [0.2, 0.25) is 0 Å². The molecule has 0 aromatic carbocycles. The molecule has 1 fully saturated rings. The quantitative estimate of drug-likeness (QED) is 0.906. The van der Waals surface area contributed by atoms with Crippen LogP contribution in [-0.4, -0.2) is 32.0 Å². The summed E-state index contributed by atoms with van der Waals surface area (Å²) in [5, 5.41) is 16.2. The number of aryl methyl sites for hydroxylation is 2. The van der Waals surface area contributed by atoms with E-state index >= 15 is 0 Å². The highest BCUT2D eigenvalue weighted by molar-refractivity contribution is 7.10. The van der Waals surface area contributed by atoms with Crippen molar-refractivity contribution in [2.24, 2.45) is 0 Å². The third-order valence-electron chi connectivity index (χ3n) is 3.79. The molecule has 8 nitrogen and oxygen atoms in total. The van der Waals surface area contributed by atoms with E-state index in [1.54, 1.807) is 18.7 Å². The molecule has 0 spiro atoms. The largest absolute Gasteiger partial charge is 0.337 e. The lowest BCUT2D eigenvalue weighted by Crippen LogP contribution is -2.41. The number of amides is 2. The molecule has 9 heteroatoms. The first kappa shape index (κ1) is 15.4. The molecule has 120 valence electrons. The van der Waals surface area contributed by atoms with Gasteiger partial charge >= 0.3 is 6.03 Å². The van der Waals surface area contributed by atoms with Gasteiger partial charge in [-0.15, -0.1) is 0 Å². The molecule has 1 atom stereocenters. The van der Waals surface area contributed by atoms with E-state index in [1.807, 2.05) is 0 Å². The molecular formula is C14H16N6O2S. The zero-order valence-corrected chi connectivity index (χ0v) is 13.7. The lowest BCUT2D eigenvalue weighted by molar-refractivity contribution is 0.142. The highest BCUT2D eigenvalue weighted by Crippen LogP contribution is 2.31. The maximum absolute atomic E-state index is 12.6. The van der Waals surface area contributed by atoms with E-state index in [2.05, 4.69) is 25.9 Å². The smallest absolute Gasteiger partial charge is 0.323 e. The van der Waals surface area contributed by atoms with Crippen LogP contribution in [0.25, 0.3) is 0 Å². The van der Waals surface area contributed by atoms with Crippen molar-refractivity contribution in [3.05, 3.63) is 23.0 Å². The first-order valence-corrected chi connectivity index (χ1v) is 8.11. The van der Waals surface area contributed by atoms with Gasteiger partial charge in [0.1, 0.15) is 22.7 Å². The molecule has 1 aliphatic rings. The Bertz CT molecular complexity index is 762. The van der Waals surface area contributed by atoms with E-state index in [4.69, 9.17) is 9.78 Å². The lowest BCUT2D eigenvalue weighted by atomic mass is 10.0. The Kier molecular flexibility index (Phi) is 4.25. The van der Waals surface area contributed by atoms with Gasteiger partial charge in [0, 0.05) is 6.54 Å². The fraction of sp³-hybridized carbons (Fsp3) is 0.500. The van der Waals surface area contributed by atoms with Crippen molar-refractivity contribution in [2.45, 2.75) is 39.2 Å². The molecule has 2 amide bonds. The third-order valence-corrected chi connectivity index (χ3v) is 4.64. The minimum Gasteiger partial charge on any atom is -0.337 e. The standard InChI is InChI=1S/C14H16N6O2S/c1-8-10(7-15)13(23-19-8)17-14(21)20-6-4-3-5-11(20)12-16-9(2)18-22-12/h11H,3-6H2,1-2H3,(H,17,21). The third kappa shape index (κ3) is 3.03. The second kappa shape index (κ2) is 6.34. The number of rotatable bonds is 2. The molecule has 1 N–H and O–H groups in total. The fourth-order valence-electron chi connectivity index (χ4n) is 2.64. The van der Waals surface area contributed by atoms with Crippen molar-refractivity contribution in [2.75, 3.05) is 11.9 Å². The van der Waals surface area contributed by atoms with Crippen LogP contribution in [0.3, 0.4) is 0 Å². The number of hydrogen-bond donors (Lipinski definition) is 1. The van der Waals surface area contributed by atoms with Crippen LogP contribution in [0.15, 0.2) is 4.52 Å². The monoisotopic (exact) mass is 332 g/mol. The second-order valence-corrected chi connectivity index (χ2v) is 6.17. The van der Waals surface area contributed by atoms with Crippen LogP contribution in [0, 0.1) is 25.2 Å². The second-order valence-electron chi connectivity index (χ2n) is 5.40. The summed E-state index contributed by atoms with van der Waals surface area (Å²) < 4.78 is 9.35. The molecule has 2 aromatic heterocycles. The summed E-state index contributed by atoms with van der Waals surface area (Å²) in [6.45, 7) is 4.10. The van der Waals surface area contributed by atoms with Crippen molar-refractivity contribution in [1.82, 2.24) is 19.4 Å². The lowest BCUT2D eigenvalue weighted by Gasteiger charge is -2.33. The minimum atomic E-state index is -0.272. The van der Waals surface area contributed by atoms with Gasteiger partial charge in [0.2, 0.25) is 5.89 Å². The van der Waals surface area contributed by atoms with Crippen molar-refractivity contribution in [3.63, 3.8) is 0 Å². The van der Waals surface area contributed by atoms with E-state index in [9.17, 15) is 4.79 Å². The van der Waals surface area contributed by atoms with Crippen LogP contribution < -0.4 is 5.32 Å². The normalized spacial score (nSPS) is 17.8. The highest BCUT2D eigenvalue weighted by atomic mass is 32.1. The average Bonchev–Trinajstić information content (AvgIpc) is 3.13. The summed E-state index contributed by atoms with van der Waals surface area (Å²) >= 11 is 1.11. The highest BCUT2D eigenvalue weighted by Gasteiger charge is 2.32. The number of carbonyl (C=O) groups is 1. The molecule has 23 heavy (non-hydrogen) atoms. The summed E-state index contributed by atoms with van der Waals surface area (Å²) in [4.78, 5) is 18.6. The van der Waals surface area contributed by atoms with Gasteiger partial charge in [-0.25, -0.2) is 4.79 Å². The van der Waals surface area contributed by atoms with E-state index < -0.39 is 0 Å². The molecule has 0 aliphatic carbocycles. The zero-order valence-electron chi connectivity index (χ0n) is 12.9. The molecule has 1 aliphatic heterocycles. The molecule has 3 rings (SSSR count). The summed E-state index contributed by atoms with van der Waals surface area (Å²) in [5.41, 5.74) is 1.03. The number of nitrogens with one attached hydrogen (secondary N) is 1. The van der Waals surface area contributed by atoms with Gasteiger partial charge in [-0.1, -0.05) is 5.16 Å². The molecule has 3 heterocycles. The Balaban J connectivity index is 1.80. The number of anilines is 1. The number of carbonyl (C=O) groups excluding carboxylic acids is 1. The average molecular weight is 332 g/mol. The fourth-order valence-corrected chi connectivity index (χ4v) is 3.37. The molecule has 1 saturated heterocycles. The maximum atomic E-state index is 12.6. The SMILES string of the molecule is Cc1noc(C2CCCCN2C(=O)Nc2snc(C)c2C#N)n1. The topological polar surface area (TPSA) is 108 Å². The van der Waals surface area contributed by atoms with Crippen LogP contribution in [0.4, 0.5) is 9.80 Å². The molecule has 0 bridgehead atoms. The molecule has 1 unspecified atom stereocenters. The summed E-state index contributed by atoms with van der Waals surface area (Å²) in [6, 6.07) is 1.57. The first-order valence-electron chi connectivity index (χ1n) is 7.34. The van der Waals surface area contributed by atoms with Gasteiger partial charge in [0.15, 0.2) is 5.82 Å². The number of likely N-dealkylation sites (tertiary alicyclic amines) is 1. The van der Waals surface area contributed by atoms with Crippen molar-refractivity contribution < 1.29 is 9.32 Å². The number of aromatic nitrogens is 3. The number of piperidine rings is 1. The van der Waals surface area contributed by atoms with Gasteiger partial charge in [-0.3, -0.25) is 5.32 Å². The molecule has 0 saturated carbocycles. The van der Waals surface area contributed by atoms with Crippen LogP contribution >= 0.6 is 11.5 Å². The van der Waals surface area contributed by atoms with Crippen LogP contribution in [-0.2, 0) is 0 Å². The Morgan fingerprint density at radius 3 is 3.00 bits per heavy atom. The van der Waals surface area contributed by atoms with E-state index in [1.165, 1.54) is 0 Å². The van der Waals surface area contributed by atoms with Gasteiger partial charge in [-0.05, 0) is 44.6 Å². The Morgan fingerprint density at radius 2 is 2.30 bits per heavy atom. The first-order chi connectivity index (χ1) is 11.1. The minimum absolute atomic E-state index is 0.232. The van der Waals surface area contributed by atoms with E-state index in [-0.39, 0.29) is 12.1 Å². The molecule has 0 radical (unpaired) electrons. The van der Waals surface area contributed by atoms with Gasteiger partial charge in [0.05, 0.1) is 5.69 Å². The van der Waals surface area contributed by atoms with Crippen molar-refractivity contribution in [3.8, 4) is 6.07 Å². The van der Waals surface area contributed by atoms with Gasteiger partial charge in [0.25, 0.3) is 0 Å². The van der Waals surface area contributed by atoms with Gasteiger partial charge < -0.3 is 9.42 Å². The van der Waals surface area contributed by atoms with E-state index in [0.29, 0.717) is 34.5 Å². The summed E-state index contributed by atoms with van der Waals surface area (Å²) in [5.74, 6) is 1.01. The predicted octanol–water partition coefficient (Wildman–Crippen LogP) is 2.77. The van der Waals surface area contributed by atoms with E-state index in [0.717, 1.165) is 30.8 Å². The molecular weight excluding hydrogens is 316 g/mol. The van der Waals surface area contributed by atoms with Crippen molar-refractivity contribution in [1.29, 1.82) is 5.26 Å². The number of urea groups is 1. The van der Waals surface area contributed by atoms with Crippen molar-refractivity contribution >= 4 is 22.6 Å². The molecule has 2 aromatic rings. The van der Waals surface area contributed by atoms with Crippen LogP contribution in [0.1, 0.15) is 48.3 Å². The van der Waals surface area contributed by atoms with Gasteiger partial charge in [-0.2, -0.15) is 14.6 Å². The number of hydrogen-bond acceptors (Lipinski definition) is 7. The van der Waals surface area contributed by atoms with Crippen LogP contribution in [0.5, 0.6) is 0 Å².